The van der Waals surface area contributed by atoms with E-state index in [1.54, 1.807) is 5.56 Å². The van der Waals surface area contributed by atoms with Crippen LogP contribution in [0.15, 0.2) is 53.5 Å². The minimum Gasteiger partial charge on any atom is -0.545 e. The lowest BCUT2D eigenvalue weighted by atomic mass is 10.00. The predicted octanol–water partition coefficient (Wildman–Crippen LogP) is -3.05. The molecule has 0 saturated carbocycles. The molecule has 0 aliphatic carbocycles. The number of benzene rings is 1. The zero-order valence-corrected chi connectivity index (χ0v) is 19.5. The fourth-order valence-corrected chi connectivity index (χ4v) is 4.36. The quantitative estimate of drug-likeness (QED) is 0.385. The number of rotatable bonds is 5. The molecule has 10 nitrogen and oxygen atoms in total. The highest BCUT2D eigenvalue weighted by molar-refractivity contribution is 7.99. The Morgan fingerprint density at radius 3 is 1.76 bits per heavy atom. The minimum absolute atomic E-state index is 0.384. The molecule has 0 N–H and O–H groups in total. The number of hydrogen-bond acceptors (Lipinski definition) is 11. The highest BCUT2D eigenvalue weighted by Crippen LogP contribution is 2.37. The standard InChI is InChI=1S/C15H22N2S.2C4H4O4/c1-16-8-10-17(11-9-16)14-6-4-12-18-15-7-3-2-5-13(14)15;2*5-3(6)1-2-4(7)8/h2-3,5,7,14H,4,6,8-12H2,1H3;2*1-2H,(H,5,6)(H,7,8)/p-4/b;2*2-1-. The van der Waals surface area contributed by atoms with Crippen LogP contribution in [0.3, 0.4) is 0 Å². The van der Waals surface area contributed by atoms with Crippen LogP contribution in [0.5, 0.6) is 0 Å². The normalized spacial score (nSPS) is 18.6. The smallest absolute Gasteiger partial charge is 0.0643 e. The average Bonchev–Trinajstić information content (AvgIpc) is 3.00. The maximum absolute atomic E-state index is 9.41. The second-order valence-corrected chi connectivity index (χ2v) is 8.46. The number of carbonyl (C=O) groups is 4. The molecule has 186 valence electrons. The molecule has 0 radical (unpaired) electrons. The predicted molar refractivity (Wildman–Crippen MR) is 117 cm³/mol. The Labute approximate surface area is 202 Å². The van der Waals surface area contributed by atoms with E-state index in [-0.39, 0.29) is 0 Å². The summed E-state index contributed by atoms with van der Waals surface area (Å²) in [6, 6.07) is 9.68. The Balaban J connectivity index is 0.000000304. The second kappa shape index (κ2) is 15.6. The highest BCUT2D eigenvalue weighted by Gasteiger charge is 2.26. The molecule has 1 unspecified atom stereocenters. The van der Waals surface area contributed by atoms with E-state index in [0.717, 1.165) is 0 Å². The summed E-state index contributed by atoms with van der Waals surface area (Å²) < 4.78 is 0. The van der Waals surface area contributed by atoms with Gasteiger partial charge < -0.3 is 44.5 Å². The van der Waals surface area contributed by atoms with Gasteiger partial charge in [-0.3, -0.25) is 4.90 Å². The molecule has 0 amide bonds. The molecule has 0 aromatic heterocycles. The topological polar surface area (TPSA) is 167 Å². The van der Waals surface area contributed by atoms with Crippen LogP contribution in [-0.4, -0.2) is 72.7 Å². The zero-order valence-electron chi connectivity index (χ0n) is 18.7. The zero-order chi connectivity index (χ0) is 25.5. The van der Waals surface area contributed by atoms with Gasteiger partial charge in [0.05, 0.1) is 23.9 Å². The average molecular weight is 491 g/mol. The molecule has 0 bridgehead atoms. The van der Waals surface area contributed by atoms with Crippen LogP contribution in [0.2, 0.25) is 0 Å². The van der Waals surface area contributed by atoms with Crippen molar-refractivity contribution in [2.75, 3.05) is 39.0 Å². The number of piperazine rings is 1. The third-order valence-corrected chi connectivity index (χ3v) is 6.02. The largest absolute Gasteiger partial charge is 0.545 e. The molecule has 3 rings (SSSR count). The van der Waals surface area contributed by atoms with Crippen LogP contribution >= 0.6 is 11.8 Å². The van der Waals surface area contributed by atoms with Gasteiger partial charge in [0.25, 0.3) is 0 Å². The maximum Gasteiger partial charge on any atom is 0.0643 e. The first kappa shape index (κ1) is 28.9. The first-order valence-corrected chi connectivity index (χ1v) is 11.4. The van der Waals surface area contributed by atoms with Crippen LogP contribution in [0.4, 0.5) is 0 Å². The molecule has 2 heterocycles. The highest BCUT2D eigenvalue weighted by atomic mass is 32.2. The van der Waals surface area contributed by atoms with Crippen LogP contribution in [0, 0.1) is 0 Å². The Morgan fingerprint density at radius 2 is 1.29 bits per heavy atom. The molecule has 1 fully saturated rings. The summed E-state index contributed by atoms with van der Waals surface area (Å²) in [5.74, 6) is -4.91. The van der Waals surface area contributed by atoms with Crippen molar-refractivity contribution in [3.63, 3.8) is 0 Å². The minimum atomic E-state index is -1.55. The van der Waals surface area contributed by atoms with Gasteiger partial charge in [0, 0.05) is 37.1 Å². The number of hydrogen-bond donors (Lipinski definition) is 0. The Hall–Kier alpha value is -3.15. The Kier molecular flexibility index (Phi) is 13.3. The SMILES string of the molecule is CN1CCN(C2CCCSc3ccccc32)CC1.O=C([O-])/C=C\C(=O)[O-].O=C([O-])/C=C\C(=O)[O-]. The molecule has 1 aromatic rings. The number of carboxylic acid groups (broad SMARTS) is 4. The summed E-state index contributed by atoms with van der Waals surface area (Å²) in [4.78, 5) is 44.3. The van der Waals surface area contributed by atoms with E-state index in [1.165, 1.54) is 49.7 Å². The van der Waals surface area contributed by atoms with Gasteiger partial charge in [0.1, 0.15) is 0 Å². The molecule has 1 aromatic carbocycles. The van der Waals surface area contributed by atoms with Gasteiger partial charge in [0.2, 0.25) is 0 Å². The van der Waals surface area contributed by atoms with E-state index in [0.29, 0.717) is 30.3 Å². The van der Waals surface area contributed by atoms with Gasteiger partial charge in [-0.05, 0) is 61.6 Å². The Morgan fingerprint density at radius 1 is 0.824 bits per heavy atom. The van der Waals surface area contributed by atoms with Gasteiger partial charge in [-0.25, -0.2) is 0 Å². The number of likely N-dealkylation sites (N-methyl/N-ethyl adjacent to an activating group) is 1. The monoisotopic (exact) mass is 490 g/mol. The summed E-state index contributed by atoms with van der Waals surface area (Å²) in [7, 11) is 2.23. The van der Waals surface area contributed by atoms with Crippen LogP contribution in [-0.2, 0) is 19.2 Å². The molecule has 34 heavy (non-hydrogen) atoms. The third kappa shape index (κ3) is 12.2. The fourth-order valence-electron chi connectivity index (χ4n) is 3.29. The van der Waals surface area contributed by atoms with Crippen molar-refractivity contribution in [2.45, 2.75) is 23.8 Å². The van der Waals surface area contributed by atoms with Gasteiger partial charge in [0.15, 0.2) is 0 Å². The van der Waals surface area contributed by atoms with Crippen molar-refractivity contribution in [1.29, 1.82) is 0 Å². The number of aliphatic carboxylic acids is 4. The van der Waals surface area contributed by atoms with Crippen molar-refractivity contribution in [3.8, 4) is 0 Å². The number of carboxylic acids is 4. The summed E-state index contributed by atoms with van der Waals surface area (Å²) in [6.07, 6.45) is 4.21. The van der Waals surface area contributed by atoms with Crippen LogP contribution < -0.4 is 20.4 Å². The molecule has 2 aliphatic rings. The van der Waals surface area contributed by atoms with Crippen molar-refractivity contribution < 1.29 is 39.6 Å². The maximum atomic E-state index is 9.41. The molecule has 11 heteroatoms. The van der Waals surface area contributed by atoms with Crippen molar-refractivity contribution in [3.05, 3.63) is 54.1 Å². The molecular formula is C23H26N2O8S-4. The molecule has 1 atom stereocenters. The van der Waals surface area contributed by atoms with E-state index in [2.05, 4.69) is 41.1 Å². The van der Waals surface area contributed by atoms with Crippen molar-refractivity contribution >= 4 is 35.6 Å². The number of fused-ring (bicyclic) bond motifs is 1. The van der Waals surface area contributed by atoms with E-state index < -0.39 is 23.9 Å². The van der Waals surface area contributed by atoms with Crippen LogP contribution in [0.1, 0.15) is 24.4 Å². The van der Waals surface area contributed by atoms with E-state index >= 15 is 0 Å². The first-order chi connectivity index (χ1) is 16.1. The van der Waals surface area contributed by atoms with E-state index in [1.807, 2.05) is 11.8 Å². The number of thioether (sulfide) groups is 1. The molecule has 0 spiro atoms. The van der Waals surface area contributed by atoms with E-state index in [9.17, 15) is 39.6 Å². The molecule has 2 aliphatic heterocycles. The molecule has 1 saturated heterocycles. The summed E-state index contributed by atoms with van der Waals surface area (Å²) in [5, 5.41) is 37.7. The lowest BCUT2D eigenvalue weighted by Crippen LogP contribution is -2.45. The first-order valence-electron chi connectivity index (χ1n) is 10.4. The van der Waals surface area contributed by atoms with Gasteiger partial charge >= 0.3 is 0 Å². The Bertz CT molecular complexity index is 829. The third-order valence-electron chi connectivity index (χ3n) is 4.85. The van der Waals surface area contributed by atoms with Gasteiger partial charge in [-0.1, -0.05) is 18.2 Å². The van der Waals surface area contributed by atoms with Gasteiger partial charge in [-0.15, -0.1) is 11.8 Å². The lowest BCUT2D eigenvalue weighted by Gasteiger charge is -2.38. The summed E-state index contributed by atoms with van der Waals surface area (Å²) in [5.41, 5.74) is 1.57. The summed E-state index contributed by atoms with van der Waals surface area (Å²) in [6.45, 7) is 4.87. The van der Waals surface area contributed by atoms with E-state index in [4.69, 9.17) is 0 Å². The van der Waals surface area contributed by atoms with Gasteiger partial charge in [-0.2, -0.15) is 0 Å². The number of nitrogens with zero attached hydrogens (tertiary/aromatic N) is 2. The molecular weight excluding hydrogens is 464 g/mol. The summed E-state index contributed by atoms with van der Waals surface area (Å²) >= 11 is 2.04. The lowest BCUT2D eigenvalue weighted by molar-refractivity contribution is -0.301. The van der Waals surface area contributed by atoms with Crippen molar-refractivity contribution in [1.82, 2.24) is 9.80 Å². The fraction of sp³-hybridized carbons (Fsp3) is 0.391. The number of carbonyl (C=O) groups excluding carboxylic acids is 4. The second-order valence-electron chi connectivity index (χ2n) is 7.33. The van der Waals surface area contributed by atoms with Crippen LogP contribution in [0.25, 0.3) is 0 Å². The van der Waals surface area contributed by atoms with Crippen molar-refractivity contribution in [2.24, 2.45) is 0 Å².